The van der Waals surface area contributed by atoms with E-state index in [0.29, 0.717) is 29.4 Å². The first-order valence-electron chi connectivity index (χ1n) is 7.31. The molecule has 1 aromatic heterocycles. The summed E-state index contributed by atoms with van der Waals surface area (Å²) >= 11 is 0. The number of rotatable bonds is 5. The van der Waals surface area contributed by atoms with E-state index < -0.39 is 5.97 Å². The van der Waals surface area contributed by atoms with Crippen LogP contribution in [-0.4, -0.2) is 42.7 Å². The molecule has 0 radical (unpaired) electrons. The SMILES string of the molecule is COc1cccc(-c2cc(C(=O)O)no2)c1OC1CCCOC1. The second-order valence-electron chi connectivity index (χ2n) is 5.18. The third-order valence-electron chi connectivity index (χ3n) is 3.60. The molecule has 7 heteroatoms. The molecule has 2 heterocycles. The number of aromatic carboxylic acids is 1. The molecular formula is C16H17NO6. The van der Waals surface area contributed by atoms with Gasteiger partial charge < -0.3 is 23.8 Å². The number of hydrogen-bond donors (Lipinski definition) is 1. The Morgan fingerprint density at radius 1 is 1.43 bits per heavy atom. The average molecular weight is 319 g/mol. The van der Waals surface area contributed by atoms with Crippen LogP contribution in [0.4, 0.5) is 0 Å². The zero-order valence-corrected chi connectivity index (χ0v) is 12.7. The Morgan fingerprint density at radius 3 is 2.96 bits per heavy atom. The van der Waals surface area contributed by atoms with Crippen LogP contribution in [0.3, 0.4) is 0 Å². The smallest absolute Gasteiger partial charge is 0.358 e. The number of carbonyl (C=O) groups is 1. The highest BCUT2D eigenvalue weighted by Gasteiger charge is 2.23. The van der Waals surface area contributed by atoms with Gasteiger partial charge in [-0.05, 0) is 25.0 Å². The number of para-hydroxylation sites is 1. The van der Waals surface area contributed by atoms with Crippen LogP contribution >= 0.6 is 0 Å². The predicted molar refractivity (Wildman–Crippen MR) is 79.9 cm³/mol. The van der Waals surface area contributed by atoms with Gasteiger partial charge in [0.05, 0.1) is 19.3 Å². The molecule has 122 valence electrons. The number of benzene rings is 1. The second kappa shape index (κ2) is 6.70. The molecule has 1 aliphatic heterocycles. The Kier molecular flexibility index (Phi) is 4.47. The number of nitrogens with zero attached hydrogens (tertiary/aromatic N) is 1. The fraction of sp³-hybridized carbons (Fsp3) is 0.375. The minimum absolute atomic E-state index is 0.0827. The highest BCUT2D eigenvalue weighted by atomic mass is 16.6. The molecule has 1 atom stereocenters. The largest absolute Gasteiger partial charge is 0.493 e. The topological polar surface area (TPSA) is 91.0 Å². The second-order valence-corrected chi connectivity index (χ2v) is 5.18. The van der Waals surface area contributed by atoms with Gasteiger partial charge in [0.2, 0.25) is 0 Å². The predicted octanol–water partition coefficient (Wildman–Crippen LogP) is 2.61. The van der Waals surface area contributed by atoms with Gasteiger partial charge in [-0.25, -0.2) is 4.79 Å². The maximum absolute atomic E-state index is 11.0. The van der Waals surface area contributed by atoms with Gasteiger partial charge in [0.1, 0.15) is 6.10 Å². The number of aromatic nitrogens is 1. The summed E-state index contributed by atoms with van der Waals surface area (Å²) in [4.78, 5) is 11.0. The molecule has 1 aliphatic rings. The minimum Gasteiger partial charge on any atom is -0.493 e. The summed E-state index contributed by atoms with van der Waals surface area (Å²) in [5.74, 6) is 0.207. The molecule has 0 bridgehead atoms. The van der Waals surface area contributed by atoms with E-state index in [1.807, 2.05) is 0 Å². The minimum atomic E-state index is -1.15. The molecule has 0 spiro atoms. The van der Waals surface area contributed by atoms with E-state index in [2.05, 4.69) is 5.16 Å². The van der Waals surface area contributed by atoms with E-state index >= 15 is 0 Å². The van der Waals surface area contributed by atoms with Crippen LogP contribution in [0.15, 0.2) is 28.8 Å². The summed E-state index contributed by atoms with van der Waals surface area (Å²) < 4.78 is 22.0. The fourth-order valence-corrected chi connectivity index (χ4v) is 2.47. The molecule has 2 aromatic rings. The van der Waals surface area contributed by atoms with Gasteiger partial charge in [0.15, 0.2) is 23.0 Å². The standard InChI is InChI=1S/C16H17NO6/c1-20-13-6-2-5-11(14-8-12(16(18)19)17-23-14)15(13)22-10-4-3-7-21-9-10/h2,5-6,8,10H,3-4,7,9H2,1H3,(H,18,19). The molecule has 0 aliphatic carbocycles. The van der Waals surface area contributed by atoms with Crippen molar-refractivity contribution in [3.05, 3.63) is 30.0 Å². The van der Waals surface area contributed by atoms with Crippen molar-refractivity contribution in [3.63, 3.8) is 0 Å². The number of carboxylic acid groups (broad SMARTS) is 1. The van der Waals surface area contributed by atoms with Gasteiger partial charge in [0.25, 0.3) is 0 Å². The third-order valence-corrected chi connectivity index (χ3v) is 3.60. The monoisotopic (exact) mass is 319 g/mol. The lowest BCUT2D eigenvalue weighted by atomic mass is 10.1. The van der Waals surface area contributed by atoms with Crippen molar-refractivity contribution >= 4 is 5.97 Å². The Labute approximate surface area is 132 Å². The van der Waals surface area contributed by atoms with Crippen LogP contribution in [0.2, 0.25) is 0 Å². The fourth-order valence-electron chi connectivity index (χ4n) is 2.47. The van der Waals surface area contributed by atoms with Crippen LogP contribution < -0.4 is 9.47 Å². The summed E-state index contributed by atoms with van der Waals surface area (Å²) in [6.07, 6.45) is 1.73. The van der Waals surface area contributed by atoms with E-state index in [-0.39, 0.29) is 11.8 Å². The van der Waals surface area contributed by atoms with Crippen LogP contribution in [0.5, 0.6) is 11.5 Å². The van der Waals surface area contributed by atoms with E-state index in [1.54, 1.807) is 25.3 Å². The molecule has 7 nitrogen and oxygen atoms in total. The molecule has 0 saturated carbocycles. The molecule has 3 rings (SSSR count). The van der Waals surface area contributed by atoms with E-state index in [9.17, 15) is 4.79 Å². The van der Waals surface area contributed by atoms with Gasteiger partial charge in [-0.2, -0.15) is 0 Å². The highest BCUT2D eigenvalue weighted by Crippen LogP contribution is 2.39. The van der Waals surface area contributed by atoms with Crippen LogP contribution in [0.25, 0.3) is 11.3 Å². The van der Waals surface area contributed by atoms with Crippen molar-refractivity contribution in [2.45, 2.75) is 18.9 Å². The van der Waals surface area contributed by atoms with Crippen molar-refractivity contribution in [1.29, 1.82) is 0 Å². The summed E-state index contributed by atoms with van der Waals surface area (Å²) in [6.45, 7) is 1.25. The Balaban J connectivity index is 1.96. The van der Waals surface area contributed by atoms with Gasteiger partial charge in [0, 0.05) is 12.7 Å². The molecule has 1 aromatic carbocycles. The summed E-state index contributed by atoms with van der Waals surface area (Å²) in [5, 5.41) is 12.5. The first-order valence-corrected chi connectivity index (χ1v) is 7.31. The van der Waals surface area contributed by atoms with E-state index in [1.165, 1.54) is 6.07 Å². The lowest BCUT2D eigenvalue weighted by Gasteiger charge is -2.25. The van der Waals surface area contributed by atoms with Crippen molar-refractivity contribution in [2.75, 3.05) is 20.3 Å². The van der Waals surface area contributed by atoms with E-state index in [4.69, 9.17) is 23.8 Å². The zero-order chi connectivity index (χ0) is 16.2. The van der Waals surface area contributed by atoms with Crippen molar-refractivity contribution < 1.29 is 28.6 Å². The molecule has 0 amide bonds. The number of ether oxygens (including phenoxy) is 3. The van der Waals surface area contributed by atoms with Crippen molar-refractivity contribution in [1.82, 2.24) is 5.16 Å². The number of methoxy groups -OCH3 is 1. The third kappa shape index (κ3) is 3.29. The molecule has 1 saturated heterocycles. The first-order chi connectivity index (χ1) is 11.2. The number of carboxylic acids is 1. The quantitative estimate of drug-likeness (QED) is 0.905. The Hall–Kier alpha value is -2.54. The van der Waals surface area contributed by atoms with Crippen LogP contribution in [0, 0.1) is 0 Å². The molecule has 1 fully saturated rings. The average Bonchev–Trinajstić information content (AvgIpc) is 3.06. The van der Waals surface area contributed by atoms with Crippen molar-refractivity contribution in [2.24, 2.45) is 0 Å². The van der Waals surface area contributed by atoms with Crippen LogP contribution in [-0.2, 0) is 4.74 Å². The highest BCUT2D eigenvalue weighted by molar-refractivity contribution is 5.87. The molecular weight excluding hydrogens is 302 g/mol. The van der Waals surface area contributed by atoms with Crippen molar-refractivity contribution in [3.8, 4) is 22.8 Å². The summed E-state index contributed by atoms with van der Waals surface area (Å²) in [6, 6.07) is 6.69. The zero-order valence-electron chi connectivity index (χ0n) is 12.7. The van der Waals surface area contributed by atoms with Gasteiger partial charge in [-0.1, -0.05) is 11.2 Å². The lowest BCUT2D eigenvalue weighted by Crippen LogP contribution is -2.28. The molecule has 1 N–H and O–H groups in total. The molecule has 23 heavy (non-hydrogen) atoms. The normalized spacial score (nSPS) is 17.7. The van der Waals surface area contributed by atoms with Gasteiger partial charge >= 0.3 is 5.97 Å². The summed E-state index contributed by atoms with van der Waals surface area (Å²) in [5.41, 5.74) is 0.435. The van der Waals surface area contributed by atoms with Gasteiger partial charge in [-0.3, -0.25) is 0 Å². The van der Waals surface area contributed by atoms with E-state index in [0.717, 1.165) is 19.4 Å². The first kappa shape index (κ1) is 15.4. The maximum atomic E-state index is 11.0. The number of hydrogen-bond acceptors (Lipinski definition) is 6. The Morgan fingerprint density at radius 2 is 2.30 bits per heavy atom. The van der Waals surface area contributed by atoms with Gasteiger partial charge in [-0.15, -0.1) is 0 Å². The summed E-state index contributed by atoms with van der Waals surface area (Å²) in [7, 11) is 1.55. The maximum Gasteiger partial charge on any atom is 0.358 e. The Bertz CT molecular complexity index is 690. The van der Waals surface area contributed by atoms with Crippen LogP contribution in [0.1, 0.15) is 23.3 Å². The molecule has 1 unspecified atom stereocenters. The lowest BCUT2D eigenvalue weighted by molar-refractivity contribution is 0.00664.